The molecule has 0 aliphatic heterocycles. The van der Waals surface area contributed by atoms with Crippen LogP contribution in [0, 0.1) is 5.41 Å². The van der Waals surface area contributed by atoms with Crippen LogP contribution in [-0.2, 0) is 9.53 Å². The average Bonchev–Trinajstić information content (AvgIpc) is 2.16. The average molecular weight is 224 g/mol. The van der Waals surface area contributed by atoms with Gasteiger partial charge in [-0.15, -0.1) is 0 Å². The van der Waals surface area contributed by atoms with Crippen molar-refractivity contribution in [2.75, 3.05) is 0 Å². The molecule has 0 N–H and O–H groups in total. The van der Waals surface area contributed by atoms with Crippen molar-refractivity contribution in [3.63, 3.8) is 0 Å². The maximum atomic E-state index is 11.8. The van der Waals surface area contributed by atoms with Crippen LogP contribution in [0.5, 0.6) is 0 Å². The smallest absolute Gasteiger partial charge is 0.333 e. The van der Waals surface area contributed by atoms with Crippen LogP contribution in [0.2, 0.25) is 0 Å². The van der Waals surface area contributed by atoms with E-state index in [-0.39, 0.29) is 17.5 Å². The topological polar surface area (TPSA) is 26.3 Å². The van der Waals surface area contributed by atoms with E-state index in [1.807, 2.05) is 13.0 Å². The number of allylic oxidation sites excluding steroid dienone is 1. The van der Waals surface area contributed by atoms with E-state index in [2.05, 4.69) is 20.8 Å². The first-order valence-electron chi connectivity index (χ1n) is 6.29. The van der Waals surface area contributed by atoms with Gasteiger partial charge in [-0.3, -0.25) is 0 Å². The maximum Gasteiger partial charge on any atom is 0.333 e. The van der Waals surface area contributed by atoms with Gasteiger partial charge in [0.15, 0.2) is 0 Å². The molecular weight excluding hydrogens is 200 g/mol. The zero-order valence-corrected chi connectivity index (χ0v) is 11.0. The van der Waals surface area contributed by atoms with Crippen molar-refractivity contribution >= 4 is 5.97 Å². The predicted molar refractivity (Wildman–Crippen MR) is 66.2 cm³/mol. The lowest BCUT2D eigenvalue weighted by molar-refractivity contribution is -0.145. The van der Waals surface area contributed by atoms with Crippen molar-refractivity contribution in [2.45, 2.75) is 65.9 Å². The number of carbonyl (C=O) groups excluding carboxylic acids is 1. The summed E-state index contributed by atoms with van der Waals surface area (Å²) in [5.74, 6) is -0.137. The molecule has 0 spiro atoms. The monoisotopic (exact) mass is 224 g/mol. The number of esters is 1. The Balaban J connectivity index is 2.48. The highest BCUT2D eigenvalue weighted by Gasteiger charge is 2.19. The molecule has 1 aliphatic rings. The molecule has 0 bridgehead atoms. The number of carbonyl (C=O) groups is 1. The Morgan fingerprint density at radius 1 is 1.19 bits per heavy atom. The molecule has 1 saturated carbocycles. The highest BCUT2D eigenvalue weighted by Crippen LogP contribution is 2.22. The summed E-state index contributed by atoms with van der Waals surface area (Å²) in [6.45, 7) is 8.11. The minimum atomic E-state index is -0.137. The Morgan fingerprint density at radius 3 is 2.25 bits per heavy atom. The molecule has 0 unspecified atom stereocenters. The maximum absolute atomic E-state index is 11.8. The van der Waals surface area contributed by atoms with Crippen LogP contribution in [0.15, 0.2) is 11.6 Å². The quantitative estimate of drug-likeness (QED) is 0.526. The first-order chi connectivity index (χ1) is 7.38. The van der Waals surface area contributed by atoms with E-state index in [0.717, 1.165) is 18.4 Å². The minimum Gasteiger partial charge on any atom is -0.459 e. The standard InChI is InChI=1S/C14H24O2/c1-11(10-14(2,3)4)13(15)16-12-8-6-5-7-9-12/h10,12H,5-9H2,1-4H3. The van der Waals surface area contributed by atoms with Crippen molar-refractivity contribution in [3.8, 4) is 0 Å². The zero-order valence-electron chi connectivity index (χ0n) is 11.0. The van der Waals surface area contributed by atoms with E-state index in [1.165, 1.54) is 19.3 Å². The van der Waals surface area contributed by atoms with Crippen molar-refractivity contribution in [1.82, 2.24) is 0 Å². The summed E-state index contributed by atoms with van der Waals surface area (Å²) in [6, 6.07) is 0. The van der Waals surface area contributed by atoms with Crippen LogP contribution in [-0.4, -0.2) is 12.1 Å². The minimum absolute atomic E-state index is 0.0374. The van der Waals surface area contributed by atoms with Gasteiger partial charge in [0.2, 0.25) is 0 Å². The third-order valence-electron chi connectivity index (χ3n) is 2.80. The summed E-state index contributed by atoms with van der Waals surface area (Å²) in [7, 11) is 0. The number of ether oxygens (including phenoxy) is 1. The van der Waals surface area contributed by atoms with Crippen molar-refractivity contribution in [3.05, 3.63) is 11.6 Å². The second-order valence-corrected chi connectivity index (χ2v) is 5.86. The molecule has 0 saturated heterocycles. The molecule has 16 heavy (non-hydrogen) atoms. The third kappa shape index (κ3) is 4.82. The van der Waals surface area contributed by atoms with Gasteiger partial charge in [0, 0.05) is 5.57 Å². The summed E-state index contributed by atoms with van der Waals surface area (Å²) in [4.78, 5) is 11.8. The van der Waals surface area contributed by atoms with Gasteiger partial charge in [-0.05, 0) is 38.0 Å². The van der Waals surface area contributed by atoms with Crippen molar-refractivity contribution in [1.29, 1.82) is 0 Å². The van der Waals surface area contributed by atoms with Gasteiger partial charge in [0.25, 0.3) is 0 Å². The lowest BCUT2D eigenvalue weighted by Crippen LogP contribution is -2.21. The van der Waals surface area contributed by atoms with E-state index in [9.17, 15) is 4.79 Å². The van der Waals surface area contributed by atoms with E-state index in [0.29, 0.717) is 0 Å². The van der Waals surface area contributed by atoms with E-state index in [1.54, 1.807) is 0 Å². The van der Waals surface area contributed by atoms with Crippen LogP contribution in [0.1, 0.15) is 59.8 Å². The Bertz CT molecular complexity index is 265. The highest BCUT2D eigenvalue weighted by molar-refractivity contribution is 5.88. The van der Waals surface area contributed by atoms with Gasteiger partial charge in [-0.1, -0.05) is 33.3 Å². The van der Waals surface area contributed by atoms with E-state index in [4.69, 9.17) is 4.74 Å². The molecule has 1 rings (SSSR count). The highest BCUT2D eigenvalue weighted by atomic mass is 16.5. The Labute approximate surface area is 99.1 Å². The molecule has 2 nitrogen and oxygen atoms in total. The second kappa shape index (κ2) is 5.51. The molecule has 0 aromatic rings. The fraction of sp³-hybridized carbons (Fsp3) is 0.786. The normalized spacial score (nSPS) is 19.6. The summed E-state index contributed by atoms with van der Waals surface area (Å²) in [6.07, 6.45) is 7.89. The summed E-state index contributed by atoms with van der Waals surface area (Å²) in [5, 5.41) is 0. The van der Waals surface area contributed by atoms with Crippen molar-refractivity contribution < 1.29 is 9.53 Å². The zero-order chi connectivity index (χ0) is 12.2. The predicted octanol–water partition coefficient (Wildman–Crippen LogP) is 3.85. The van der Waals surface area contributed by atoms with E-state index >= 15 is 0 Å². The Morgan fingerprint density at radius 2 is 1.75 bits per heavy atom. The molecule has 1 fully saturated rings. The first kappa shape index (κ1) is 13.3. The van der Waals surface area contributed by atoms with Crippen LogP contribution in [0.25, 0.3) is 0 Å². The molecule has 92 valence electrons. The van der Waals surface area contributed by atoms with Gasteiger partial charge >= 0.3 is 5.97 Å². The fourth-order valence-electron chi connectivity index (χ4n) is 2.14. The molecule has 0 aromatic carbocycles. The van der Waals surface area contributed by atoms with Crippen LogP contribution >= 0.6 is 0 Å². The molecule has 2 heteroatoms. The van der Waals surface area contributed by atoms with Crippen LogP contribution < -0.4 is 0 Å². The molecule has 0 heterocycles. The van der Waals surface area contributed by atoms with Gasteiger partial charge in [0.05, 0.1) is 0 Å². The van der Waals surface area contributed by atoms with Gasteiger partial charge in [-0.2, -0.15) is 0 Å². The Hall–Kier alpha value is -0.790. The number of hydrogen-bond donors (Lipinski definition) is 0. The van der Waals surface area contributed by atoms with Crippen LogP contribution in [0.3, 0.4) is 0 Å². The summed E-state index contributed by atoms with van der Waals surface area (Å²) >= 11 is 0. The van der Waals surface area contributed by atoms with E-state index < -0.39 is 0 Å². The molecule has 0 radical (unpaired) electrons. The van der Waals surface area contributed by atoms with Gasteiger partial charge < -0.3 is 4.74 Å². The van der Waals surface area contributed by atoms with Gasteiger partial charge in [-0.25, -0.2) is 4.79 Å². The van der Waals surface area contributed by atoms with Crippen LogP contribution in [0.4, 0.5) is 0 Å². The molecular formula is C14H24O2. The largest absolute Gasteiger partial charge is 0.459 e. The lowest BCUT2D eigenvalue weighted by atomic mass is 9.94. The number of hydrogen-bond acceptors (Lipinski definition) is 2. The first-order valence-corrected chi connectivity index (χ1v) is 6.29. The molecule has 0 atom stereocenters. The molecule has 0 amide bonds. The lowest BCUT2D eigenvalue weighted by Gasteiger charge is -2.22. The third-order valence-corrected chi connectivity index (χ3v) is 2.80. The summed E-state index contributed by atoms with van der Waals surface area (Å²) < 4.78 is 5.49. The number of rotatable bonds is 2. The SMILES string of the molecule is CC(=CC(C)(C)C)C(=O)OC1CCCCC1. The van der Waals surface area contributed by atoms with Gasteiger partial charge in [0.1, 0.15) is 6.10 Å². The summed E-state index contributed by atoms with van der Waals surface area (Å²) in [5.41, 5.74) is 0.772. The van der Waals surface area contributed by atoms with Crippen molar-refractivity contribution in [2.24, 2.45) is 5.41 Å². The fourth-order valence-corrected chi connectivity index (χ4v) is 2.14. The molecule has 1 aliphatic carbocycles. The molecule has 0 aromatic heterocycles. The second-order valence-electron chi connectivity index (χ2n) is 5.86. The Kier molecular flexibility index (Phi) is 4.57.